The van der Waals surface area contributed by atoms with Crippen molar-refractivity contribution in [2.24, 2.45) is 17.8 Å². The first-order chi connectivity index (χ1) is 19.8. The molecule has 3 aromatic carbocycles. The maximum Gasteiger partial charge on any atom is 0.343 e. The molecule has 1 saturated heterocycles. The van der Waals surface area contributed by atoms with E-state index in [0.29, 0.717) is 17.7 Å². The highest BCUT2D eigenvalue weighted by molar-refractivity contribution is 6.24. The van der Waals surface area contributed by atoms with E-state index in [1.807, 2.05) is 19.1 Å². The van der Waals surface area contributed by atoms with Gasteiger partial charge in [0.15, 0.2) is 12.4 Å². The summed E-state index contributed by atoms with van der Waals surface area (Å²) in [5.41, 5.74) is 0.700. The largest absolute Gasteiger partial charge is 0.497 e. The zero-order valence-corrected chi connectivity index (χ0v) is 22.4. The number of ether oxygens (including phenoxy) is 3. The predicted octanol–water partition coefficient (Wildman–Crippen LogP) is 4.66. The second-order valence-corrected chi connectivity index (χ2v) is 9.83. The van der Waals surface area contributed by atoms with Crippen LogP contribution in [-0.2, 0) is 14.3 Å². The van der Waals surface area contributed by atoms with Crippen molar-refractivity contribution >= 4 is 35.2 Å². The van der Waals surface area contributed by atoms with Crippen molar-refractivity contribution in [3.05, 3.63) is 102 Å². The van der Waals surface area contributed by atoms with Crippen LogP contribution in [-0.4, -0.2) is 43.3 Å². The molecule has 2 amide bonds. The number of ketones is 1. The van der Waals surface area contributed by atoms with Crippen molar-refractivity contribution in [1.82, 2.24) is 0 Å². The molecule has 3 aromatic rings. The molecule has 1 heterocycles. The SMILES string of the molecule is COc1cccc(C(=O)Oc2ccc(C(=O)COC(=O)c3ccccc3N3C(=O)C4CC=CC(C)C4C3=O)cc2)c1. The van der Waals surface area contributed by atoms with Crippen LogP contribution in [0.15, 0.2) is 84.9 Å². The molecule has 9 nitrogen and oxygen atoms in total. The Kier molecular flexibility index (Phi) is 7.78. The van der Waals surface area contributed by atoms with Gasteiger partial charge in [-0.1, -0.05) is 37.3 Å². The fourth-order valence-electron chi connectivity index (χ4n) is 5.14. The molecule has 0 radical (unpaired) electrons. The summed E-state index contributed by atoms with van der Waals surface area (Å²) in [6.45, 7) is 1.33. The molecule has 9 heteroatoms. The Balaban J connectivity index is 1.23. The highest BCUT2D eigenvalue weighted by Gasteiger charge is 2.51. The van der Waals surface area contributed by atoms with Crippen LogP contribution in [0.2, 0.25) is 0 Å². The number of imide groups is 1. The molecule has 1 aliphatic heterocycles. The van der Waals surface area contributed by atoms with Crippen LogP contribution in [0.4, 0.5) is 5.69 Å². The smallest absolute Gasteiger partial charge is 0.343 e. The highest BCUT2D eigenvalue weighted by atomic mass is 16.5. The molecule has 208 valence electrons. The third-order valence-corrected chi connectivity index (χ3v) is 7.26. The number of allylic oxidation sites excluding steroid dienone is 2. The lowest BCUT2D eigenvalue weighted by Crippen LogP contribution is -2.33. The Morgan fingerprint density at radius 1 is 0.854 bits per heavy atom. The van der Waals surface area contributed by atoms with Gasteiger partial charge in [0.1, 0.15) is 11.5 Å². The second kappa shape index (κ2) is 11.6. The quantitative estimate of drug-likeness (QED) is 0.130. The minimum Gasteiger partial charge on any atom is -0.497 e. The second-order valence-electron chi connectivity index (χ2n) is 9.83. The molecule has 3 unspecified atom stereocenters. The summed E-state index contributed by atoms with van der Waals surface area (Å²) in [5.74, 6) is -2.90. The predicted molar refractivity (Wildman–Crippen MR) is 148 cm³/mol. The van der Waals surface area contributed by atoms with Crippen molar-refractivity contribution in [3.63, 3.8) is 0 Å². The summed E-state index contributed by atoms with van der Waals surface area (Å²) in [4.78, 5) is 65.6. The molecule has 0 aromatic heterocycles. The van der Waals surface area contributed by atoms with Crippen molar-refractivity contribution in [1.29, 1.82) is 0 Å². The van der Waals surface area contributed by atoms with Gasteiger partial charge in [0, 0.05) is 5.56 Å². The lowest BCUT2D eigenvalue weighted by atomic mass is 9.78. The molecule has 0 N–H and O–H groups in total. The van der Waals surface area contributed by atoms with Crippen molar-refractivity contribution in [2.75, 3.05) is 18.6 Å². The molecule has 2 aliphatic rings. The van der Waals surface area contributed by atoms with Crippen molar-refractivity contribution in [3.8, 4) is 11.5 Å². The fourth-order valence-corrected chi connectivity index (χ4v) is 5.14. The number of benzene rings is 3. The van der Waals surface area contributed by atoms with Gasteiger partial charge in [-0.3, -0.25) is 14.4 Å². The lowest BCUT2D eigenvalue weighted by molar-refractivity contribution is -0.122. The number of methoxy groups -OCH3 is 1. The molecule has 3 atom stereocenters. The average Bonchev–Trinajstić information content (AvgIpc) is 3.26. The maximum absolute atomic E-state index is 13.2. The average molecular weight is 554 g/mol. The lowest BCUT2D eigenvalue weighted by Gasteiger charge is -2.22. The highest BCUT2D eigenvalue weighted by Crippen LogP contribution is 2.41. The summed E-state index contributed by atoms with van der Waals surface area (Å²) in [6, 6.07) is 18.5. The Bertz CT molecular complexity index is 1560. The van der Waals surface area contributed by atoms with Gasteiger partial charge < -0.3 is 14.2 Å². The van der Waals surface area contributed by atoms with Gasteiger partial charge in [0.25, 0.3) is 0 Å². The summed E-state index contributed by atoms with van der Waals surface area (Å²) < 4.78 is 15.8. The van der Waals surface area contributed by atoms with E-state index < -0.39 is 36.2 Å². The standard InChI is InChI=1S/C32H27NO8/c1-19-7-5-11-25-28(19)30(36)33(29(25)35)26-12-4-3-10-24(26)32(38)40-18-27(34)20-13-15-22(16-14-20)41-31(37)21-8-6-9-23(17-21)39-2/h3-10,12-17,19,25,28H,11,18H2,1-2H3. The first-order valence-corrected chi connectivity index (χ1v) is 13.1. The number of rotatable bonds is 8. The number of nitrogens with zero attached hydrogens (tertiary/aromatic N) is 1. The zero-order valence-electron chi connectivity index (χ0n) is 22.4. The third kappa shape index (κ3) is 5.51. The van der Waals surface area contributed by atoms with Crippen molar-refractivity contribution in [2.45, 2.75) is 13.3 Å². The first kappa shape index (κ1) is 27.5. The Morgan fingerprint density at radius 2 is 1.61 bits per heavy atom. The summed E-state index contributed by atoms with van der Waals surface area (Å²) in [6.07, 6.45) is 4.30. The molecule has 5 rings (SSSR count). The molecule has 1 fully saturated rings. The number of hydrogen-bond donors (Lipinski definition) is 0. The number of para-hydroxylation sites is 1. The molecule has 0 spiro atoms. The van der Waals surface area contributed by atoms with Gasteiger partial charge in [-0.15, -0.1) is 0 Å². The minimum absolute atomic E-state index is 0.0149. The fraction of sp³-hybridized carbons (Fsp3) is 0.219. The Labute approximate surface area is 236 Å². The number of Topliss-reactive ketones (excluding diaryl/α,β-unsaturated/α-hetero) is 1. The van der Waals surface area contributed by atoms with Crippen LogP contribution in [0, 0.1) is 17.8 Å². The molecule has 0 saturated carbocycles. The van der Waals surface area contributed by atoms with Crippen LogP contribution in [0.5, 0.6) is 11.5 Å². The van der Waals surface area contributed by atoms with E-state index in [2.05, 4.69) is 0 Å². The summed E-state index contributed by atoms with van der Waals surface area (Å²) in [7, 11) is 1.50. The van der Waals surface area contributed by atoms with Gasteiger partial charge in [0.2, 0.25) is 11.8 Å². The molecule has 41 heavy (non-hydrogen) atoms. The van der Waals surface area contributed by atoms with E-state index in [1.54, 1.807) is 36.4 Å². The number of anilines is 1. The van der Waals surface area contributed by atoms with Crippen LogP contribution >= 0.6 is 0 Å². The minimum atomic E-state index is -0.834. The number of esters is 2. The van der Waals surface area contributed by atoms with Crippen LogP contribution < -0.4 is 14.4 Å². The molecule has 0 bridgehead atoms. The molecular formula is C32H27NO8. The maximum atomic E-state index is 13.2. The van der Waals surface area contributed by atoms with E-state index in [1.165, 1.54) is 43.5 Å². The van der Waals surface area contributed by atoms with Crippen LogP contribution in [0.3, 0.4) is 0 Å². The third-order valence-electron chi connectivity index (χ3n) is 7.26. The van der Waals surface area contributed by atoms with Crippen LogP contribution in [0.1, 0.15) is 44.4 Å². The van der Waals surface area contributed by atoms with E-state index >= 15 is 0 Å². The van der Waals surface area contributed by atoms with E-state index in [0.717, 1.165) is 4.90 Å². The van der Waals surface area contributed by atoms with E-state index in [9.17, 15) is 24.0 Å². The molecule has 1 aliphatic carbocycles. The Hall–Kier alpha value is -5.05. The van der Waals surface area contributed by atoms with E-state index in [-0.39, 0.29) is 40.3 Å². The Morgan fingerprint density at radius 3 is 2.34 bits per heavy atom. The number of amides is 2. The monoisotopic (exact) mass is 553 g/mol. The summed E-state index contributed by atoms with van der Waals surface area (Å²) >= 11 is 0. The normalized spacial score (nSPS) is 19.5. The van der Waals surface area contributed by atoms with Crippen molar-refractivity contribution < 1.29 is 38.2 Å². The van der Waals surface area contributed by atoms with Gasteiger partial charge in [-0.05, 0) is 66.9 Å². The van der Waals surface area contributed by atoms with Gasteiger partial charge in [-0.25, -0.2) is 14.5 Å². The summed E-state index contributed by atoms with van der Waals surface area (Å²) in [5, 5.41) is 0. The zero-order chi connectivity index (χ0) is 29.1. The van der Waals surface area contributed by atoms with Gasteiger partial charge >= 0.3 is 11.9 Å². The topological polar surface area (TPSA) is 116 Å². The van der Waals surface area contributed by atoms with Gasteiger partial charge in [-0.2, -0.15) is 0 Å². The first-order valence-electron chi connectivity index (χ1n) is 13.1. The van der Waals surface area contributed by atoms with Crippen LogP contribution in [0.25, 0.3) is 0 Å². The molecular weight excluding hydrogens is 526 g/mol. The number of carbonyl (C=O) groups excluding carboxylic acids is 5. The number of fused-ring (bicyclic) bond motifs is 1. The number of hydrogen-bond acceptors (Lipinski definition) is 8. The van der Waals surface area contributed by atoms with Gasteiger partial charge in [0.05, 0.1) is 35.8 Å². The number of carbonyl (C=O) groups is 5. The van der Waals surface area contributed by atoms with E-state index in [4.69, 9.17) is 14.2 Å².